The zero-order valence-corrected chi connectivity index (χ0v) is 14.5. The maximum absolute atomic E-state index is 12.5. The molecule has 1 aliphatic heterocycles. The average molecular weight is 359 g/mol. The molecule has 0 saturated heterocycles. The molecule has 4 aromatic rings. The van der Waals surface area contributed by atoms with Crippen LogP contribution in [0.5, 0.6) is 5.75 Å². The minimum atomic E-state index is -0.194. The standard InChI is InChI=1S/C20H17N5O2/c26-16-7-6-13-8-9-24(17(13)11-16)12-15-10-18(27)25-20(21-15)22-19(23-25)14-4-2-1-3-5-14/h1-7,10-11,26H,8-9,12H2,(H,21,22,23). The van der Waals surface area contributed by atoms with Gasteiger partial charge in [-0.25, -0.2) is 4.98 Å². The lowest BCUT2D eigenvalue weighted by Crippen LogP contribution is -2.23. The number of benzene rings is 2. The smallest absolute Gasteiger partial charge is 0.274 e. The summed E-state index contributed by atoms with van der Waals surface area (Å²) in [5.41, 5.74) is 3.54. The van der Waals surface area contributed by atoms with Crippen LogP contribution in [-0.2, 0) is 13.0 Å². The van der Waals surface area contributed by atoms with Gasteiger partial charge in [0.05, 0.1) is 12.2 Å². The average Bonchev–Trinajstić information content (AvgIpc) is 3.27. The Hall–Kier alpha value is -3.61. The second-order valence-electron chi connectivity index (χ2n) is 6.64. The van der Waals surface area contributed by atoms with Gasteiger partial charge in [0.1, 0.15) is 5.75 Å². The van der Waals surface area contributed by atoms with Crippen molar-refractivity contribution in [3.8, 4) is 17.1 Å². The first-order valence-electron chi connectivity index (χ1n) is 8.78. The Morgan fingerprint density at radius 2 is 1.93 bits per heavy atom. The summed E-state index contributed by atoms with van der Waals surface area (Å²) >= 11 is 0. The first-order valence-corrected chi connectivity index (χ1v) is 8.78. The molecule has 2 aromatic heterocycles. The van der Waals surface area contributed by atoms with Gasteiger partial charge in [-0.2, -0.15) is 9.50 Å². The fourth-order valence-electron chi connectivity index (χ4n) is 3.53. The largest absolute Gasteiger partial charge is 0.508 e. The fourth-order valence-corrected chi connectivity index (χ4v) is 3.53. The van der Waals surface area contributed by atoms with Crippen molar-refractivity contribution in [1.82, 2.24) is 19.6 Å². The highest BCUT2D eigenvalue weighted by molar-refractivity contribution is 5.61. The van der Waals surface area contributed by atoms with E-state index in [2.05, 4.69) is 20.0 Å². The minimum Gasteiger partial charge on any atom is -0.508 e. The molecule has 0 amide bonds. The number of aromatic amines is 1. The van der Waals surface area contributed by atoms with Gasteiger partial charge in [-0.1, -0.05) is 36.4 Å². The van der Waals surface area contributed by atoms with Crippen LogP contribution in [0.15, 0.2) is 59.4 Å². The van der Waals surface area contributed by atoms with E-state index >= 15 is 0 Å². The Morgan fingerprint density at radius 3 is 2.78 bits per heavy atom. The highest BCUT2D eigenvalue weighted by Crippen LogP contribution is 2.32. The summed E-state index contributed by atoms with van der Waals surface area (Å²) in [6.45, 7) is 1.32. The minimum absolute atomic E-state index is 0.194. The van der Waals surface area contributed by atoms with Crippen molar-refractivity contribution in [2.24, 2.45) is 0 Å². The van der Waals surface area contributed by atoms with Crippen LogP contribution < -0.4 is 10.5 Å². The fraction of sp³-hybridized carbons (Fsp3) is 0.150. The highest BCUT2D eigenvalue weighted by Gasteiger charge is 2.20. The first-order chi connectivity index (χ1) is 13.2. The number of hydrogen-bond acceptors (Lipinski definition) is 5. The Morgan fingerprint density at radius 1 is 1.07 bits per heavy atom. The Kier molecular flexibility index (Phi) is 3.46. The molecule has 0 spiro atoms. The Bertz CT molecular complexity index is 1200. The molecule has 1 aliphatic rings. The Labute approximate surface area is 154 Å². The lowest BCUT2D eigenvalue weighted by atomic mass is 10.1. The summed E-state index contributed by atoms with van der Waals surface area (Å²) in [5.74, 6) is 1.20. The third-order valence-electron chi connectivity index (χ3n) is 4.84. The van der Waals surface area contributed by atoms with Gasteiger partial charge in [0.15, 0.2) is 5.82 Å². The van der Waals surface area contributed by atoms with Crippen LogP contribution in [0, 0.1) is 0 Å². The molecular formula is C20H17N5O2. The van der Waals surface area contributed by atoms with E-state index in [0.717, 1.165) is 24.2 Å². The third kappa shape index (κ3) is 2.73. The topological polar surface area (TPSA) is 86.5 Å². The number of phenolic OH excluding ortho intramolecular Hbond substituents is 1. The van der Waals surface area contributed by atoms with Crippen LogP contribution in [-0.4, -0.2) is 31.2 Å². The molecule has 5 rings (SSSR count). The van der Waals surface area contributed by atoms with Gasteiger partial charge >= 0.3 is 0 Å². The number of aromatic nitrogens is 4. The molecule has 0 fully saturated rings. The molecule has 7 heteroatoms. The molecule has 2 N–H and O–H groups in total. The van der Waals surface area contributed by atoms with Gasteiger partial charge in [-0.3, -0.25) is 9.89 Å². The number of fused-ring (bicyclic) bond motifs is 2. The van der Waals surface area contributed by atoms with Crippen LogP contribution in [0.1, 0.15) is 11.3 Å². The lowest BCUT2D eigenvalue weighted by Gasteiger charge is -2.18. The van der Waals surface area contributed by atoms with E-state index < -0.39 is 0 Å². The van der Waals surface area contributed by atoms with Gasteiger partial charge < -0.3 is 10.0 Å². The van der Waals surface area contributed by atoms with Crippen molar-refractivity contribution in [3.05, 3.63) is 76.2 Å². The molecule has 2 aromatic carbocycles. The number of nitrogens with one attached hydrogen (secondary N) is 1. The van der Waals surface area contributed by atoms with E-state index in [4.69, 9.17) is 0 Å². The molecule has 27 heavy (non-hydrogen) atoms. The molecule has 7 nitrogen and oxygen atoms in total. The van der Waals surface area contributed by atoms with E-state index in [1.807, 2.05) is 36.4 Å². The van der Waals surface area contributed by atoms with E-state index in [-0.39, 0.29) is 11.3 Å². The van der Waals surface area contributed by atoms with E-state index in [0.29, 0.717) is 23.8 Å². The molecule has 0 unspecified atom stereocenters. The lowest BCUT2D eigenvalue weighted by molar-refractivity contribution is 0.475. The van der Waals surface area contributed by atoms with Crippen molar-refractivity contribution >= 4 is 11.5 Å². The van der Waals surface area contributed by atoms with Crippen LogP contribution in [0.4, 0.5) is 5.69 Å². The SMILES string of the molecule is O=c1cc(CN2CCc3ccc(O)cc32)nc2nc(-c3ccccc3)[nH]n12. The van der Waals surface area contributed by atoms with Gasteiger partial charge in [-0.05, 0) is 18.1 Å². The van der Waals surface area contributed by atoms with Crippen molar-refractivity contribution in [2.45, 2.75) is 13.0 Å². The molecule has 0 radical (unpaired) electrons. The van der Waals surface area contributed by atoms with Crippen LogP contribution in [0.2, 0.25) is 0 Å². The third-order valence-corrected chi connectivity index (χ3v) is 4.84. The van der Waals surface area contributed by atoms with Gasteiger partial charge in [-0.15, -0.1) is 0 Å². The number of rotatable bonds is 3. The number of phenols is 1. The van der Waals surface area contributed by atoms with Gasteiger partial charge in [0, 0.05) is 29.9 Å². The maximum Gasteiger partial charge on any atom is 0.274 e. The number of anilines is 1. The quantitative estimate of drug-likeness (QED) is 0.586. The van der Waals surface area contributed by atoms with Crippen molar-refractivity contribution in [1.29, 1.82) is 0 Å². The molecule has 0 atom stereocenters. The highest BCUT2D eigenvalue weighted by atomic mass is 16.3. The number of nitrogens with zero attached hydrogens (tertiary/aromatic N) is 4. The summed E-state index contributed by atoms with van der Waals surface area (Å²) in [4.78, 5) is 23.7. The number of H-pyrrole nitrogens is 1. The van der Waals surface area contributed by atoms with Crippen LogP contribution in [0.25, 0.3) is 17.2 Å². The van der Waals surface area contributed by atoms with Gasteiger partial charge in [0.25, 0.3) is 11.3 Å². The predicted octanol–water partition coefficient (Wildman–Crippen LogP) is 2.35. The predicted molar refractivity (Wildman–Crippen MR) is 102 cm³/mol. The molecule has 0 saturated carbocycles. The number of hydrogen-bond donors (Lipinski definition) is 2. The van der Waals surface area contributed by atoms with Crippen molar-refractivity contribution in [3.63, 3.8) is 0 Å². The maximum atomic E-state index is 12.5. The zero-order chi connectivity index (χ0) is 18.4. The molecule has 134 valence electrons. The first kappa shape index (κ1) is 15.6. The van der Waals surface area contributed by atoms with E-state index in [9.17, 15) is 9.90 Å². The van der Waals surface area contributed by atoms with E-state index in [1.54, 1.807) is 12.1 Å². The molecule has 0 bridgehead atoms. The summed E-state index contributed by atoms with van der Waals surface area (Å²) in [7, 11) is 0. The van der Waals surface area contributed by atoms with Crippen LogP contribution in [0.3, 0.4) is 0 Å². The normalized spacial score (nSPS) is 13.3. The molecule has 3 heterocycles. The summed E-state index contributed by atoms with van der Waals surface area (Å²) in [6.07, 6.45) is 0.914. The van der Waals surface area contributed by atoms with Crippen molar-refractivity contribution < 1.29 is 5.11 Å². The second-order valence-corrected chi connectivity index (χ2v) is 6.64. The van der Waals surface area contributed by atoms with Gasteiger partial charge in [0.2, 0.25) is 0 Å². The van der Waals surface area contributed by atoms with Crippen LogP contribution >= 0.6 is 0 Å². The molecular weight excluding hydrogens is 342 g/mol. The van der Waals surface area contributed by atoms with E-state index in [1.165, 1.54) is 16.1 Å². The second kappa shape index (κ2) is 5.98. The number of aromatic hydroxyl groups is 1. The summed E-state index contributed by atoms with van der Waals surface area (Å²) < 4.78 is 1.36. The monoisotopic (exact) mass is 359 g/mol. The molecule has 0 aliphatic carbocycles. The Balaban J connectivity index is 1.51. The zero-order valence-electron chi connectivity index (χ0n) is 14.5. The van der Waals surface area contributed by atoms with Crippen molar-refractivity contribution in [2.75, 3.05) is 11.4 Å². The summed E-state index contributed by atoms with van der Waals surface area (Å²) in [6, 6.07) is 16.6. The summed E-state index contributed by atoms with van der Waals surface area (Å²) in [5, 5.41) is 12.8.